The number of nitrogens with one attached hydrogen (secondary N) is 1. The lowest BCUT2D eigenvalue weighted by atomic mass is 10.1. The minimum absolute atomic E-state index is 0.145. The second kappa shape index (κ2) is 7.13. The number of anilines is 2. The Morgan fingerprint density at radius 1 is 1.27 bits per heavy atom. The molecule has 2 aliphatic rings. The molecule has 0 bridgehead atoms. The first-order valence-electron chi connectivity index (χ1n) is 8.76. The van der Waals surface area contributed by atoms with E-state index in [9.17, 15) is 4.79 Å². The normalized spacial score (nSPS) is 17.9. The number of likely N-dealkylation sites (tertiary alicyclic amines) is 1. The zero-order valence-electron chi connectivity index (χ0n) is 14.7. The lowest BCUT2D eigenvalue weighted by Gasteiger charge is -2.29. The highest BCUT2D eigenvalue weighted by atomic mass is 32.1. The summed E-state index contributed by atoms with van der Waals surface area (Å²) < 4.78 is 11.1. The molecule has 7 nitrogen and oxygen atoms in total. The molecule has 0 unspecified atom stereocenters. The zero-order chi connectivity index (χ0) is 18.1. The van der Waals surface area contributed by atoms with Crippen molar-refractivity contribution in [3.63, 3.8) is 0 Å². The molecule has 0 atom stereocenters. The minimum Gasteiger partial charge on any atom is -0.486 e. The van der Waals surface area contributed by atoms with Gasteiger partial charge in [0.05, 0.1) is 0 Å². The van der Waals surface area contributed by atoms with Crippen LogP contribution < -0.4 is 20.5 Å². The number of nitrogen functional groups attached to an aromatic ring is 1. The van der Waals surface area contributed by atoms with E-state index in [1.165, 1.54) is 11.3 Å². The Morgan fingerprint density at radius 2 is 2.00 bits per heavy atom. The number of carbonyl (C=O) groups is 1. The smallest absolute Gasteiger partial charge is 0.206 e. The third kappa shape index (κ3) is 3.47. The number of nitrogens with zero attached hydrogens (tertiary/aromatic N) is 2. The third-order valence-corrected chi connectivity index (χ3v) is 5.71. The number of piperidine rings is 1. The summed E-state index contributed by atoms with van der Waals surface area (Å²) in [5.74, 6) is 1.38. The topological polar surface area (TPSA) is 89.7 Å². The number of ketones is 1. The number of aromatic nitrogens is 1. The van der Waals surface area contributed by atoms with Crippen molar-refractivity contribution in [1.29, 1.82) is 0 Å². The van der Waals surface area contributed by atoms with E-state index >= 15 is 0 Å². The van der Waals surface area contributed by atoms with Crippen LogP contribution in [0.3, 0.4) is 0 Å². The number of hydrogen-bond donors (Lipinski definition) is 2. The van der Waals surface area contributed by atoms with Crippen molar-refractivity contribution in [2.45, 2.75) is 18.9 Å². The molecule has 0 radical (unpaired) electrons. The lowest BCUT2D eigenvalue weighted by Crippen LogP contribution is -2.36. The fourth-order valence-electron chi connectivity index (χ4n) is 3.20. The van der Waals surface area contributed by atoms with Crippen LogP contribution >= 0.6 is 11.3 Å². The van der Waals surface area contributed by atoms with Gasteiger partial charge in [-0.25, -0.2) is 4.98 Å². The van der Waals surface area contributed by atoms with E-state index in [0.717, 1.165) is 25.9 Å². The maximum absolute atomic E-state index is 12.9. The van der Waals surface area contributed by atoms with Crippen LogP contribution in [0, 0.1) is 0 Å². The molecule has 8 heteroatoms. The first kappa shape index (κ1) is 17.1. The summed E-state index contributed by atoms with van der Waals surface area (Å²) in [7, 11) is 2.13. The number of hydrogen-bond acceptors (Lipinski definition) is 8. The molecule has 1 aromatic heterocycles. The molecular weight excluding hydrogens is 352 g/mol. The first-order chi connectivity index (χ1) is 12.6. The highest BCUT2D eigenvalue weighted by Gasteiger charge is 2.23. The summed E-state index contributed by atoms with van der Waals surface area (Å²) in [5, 5.41) is 4.13. The third-order valence-electron chi connectivity index (χ3n) is 4.71. The van der Waals surface area contributed by atoms with E-state index in [2.05, 4.69) is 22.2 Å². The van der Waals surface area contributed by atoms with Crippen LogP contribution in [0.25, 0.3) is 0 Å². The Labute approximate surface area is 156 Å². The summed E-state index contributed by atoms with van der Waals surface area (Å²) >= 11 is 1.31. The molecular formula is C18H22N4O3S. The van der Waals surface area contributed by atoms with Crippen LogP contribution in [0.1, 0.15) is 28.1 Å². The predicted octanol–water partition coefficient (Wildman–Crippen LogP) is 2.23. The Hall–Kier alpha value is -2.32. The number of benzene rings is 1. The van der Waals surface area contributed by atoms with Crippen LogP contribution in [0.5, 0.6) is 11.5 Å². The SMILES string of the molecule is CN1CCC(Nc2nc(N)c(C(=O)c3ccc4c(c3)OCCO4)s2)CC1. The highest BCUT2D eigenvalue weighted by Crippen LogP contribution is 2.34. The molecule has 0 amide bonds. The average Bonchev–Trinajstić information content (AvgIpc) is 3.02. The van der Waals surface area contributed by atoms with E-state index in [1.807, 2.05) is 0 Å². The van der Waals surface area contributed by atoms with Gasteiger partial charge in [0.2, 0.25) is 5.78 Å². The summed E-state index contributed by atoms with van der Waals surface area (Å²) in [6, 6.07) is 5.57. The summed E-state index contributed by atoms with van der Waals surface area (Å²) in [6.45, 7) is 3.12. The Bertz CT molecular complexity index is 815. The molecule has 26 heavy (non-hydrogen) atoms. The van der Waals surface area contributed by atoms with Gasteiger partial charge >= 0.3 is 0 Å². The molecule has 4 rings (SSSR count). The molecule has 2 aromatic rings. The number of rotatable bonds is 4. The highest BCUT2D eigenvalue weighted by molar-refractivity contribution is 7.18. The van der Waals surface area contributed by atoms with Crippen molar-refractivity contribution in [2.75, 3.05) is 44.4 Å². The molecule has 1 fully saturated rings. The molecule has 138 valence electrons. The van der Waals surface area contributed by atoms with Crippen LogP contribution in [-0.2, 0) is 0 Å². The van der Waals surface area contributed by atoms with E-state index in [-0.39, 0.29) is 11.6 Å². The number of carbonyl (C=O) groups excluding carboxylic acids is 1. The Kier molecular flexibility index (Phi) is 4.69. The average molecular weight is 374 g/mol. The van der Waals surface area contributed by atoms with Crippen LogP contribution in [0.4, 0.5) is 10.9 Å². The fourth-order valence-corrected chi connectivity index (χ4v) is 4.12. The molecule has 1 saturated heterocycles. The van der Waals surface area contributed by atoms with Crippen molar-refractivity contribution < 1.29 is 14.3 Å². The standard InChI is InChI=1S/C18H22N4O3S/c1-22-6-4-12(5-7-22)20-18-21-17(19)16(26-18)15(23)11-2-3-13-14(10-11)25-9-8-24-13/h2-3,10,12H,4-9,19H2,1H3,(H,20,21). The zero-order valence-corrected chi connectivity index (χ0v) is 15.5. The van der Waals surface area contributed by atoms with E-state index in [4.69, 9.17) is 15.2 Å². The van der Waals surface area contributed by atoms with Gasteiger partial charge < -0.3 is 25.4 Å². The van der Waals surface area contributed by atoms with E-state index < -0.39 is 0 Å². The number of ether oxygens (including phenoxy) is 2. The maximum Gasteiger partial charge on any atom is 0.206 e. The molecule has 2 aliphatic heterocycles. The number of nitrogens with two attached hydrogens (primary N) is 1. The van der Waals surface area contributed by atoms with Crippen molar-refractivity contribution in [1.82, 2.24) is 9.88 Å². The van der Waals surface area contributed by atoms with Crippen molar-refractivity contribution >= 4 is 28.1 Å². The Balaban J connectivity index is 1.50. The van der Waals surface area contributed by atoms with Gasteiger partial charge in [-0.1, -0.05) is 11.3 Å². The maximum atomic E-state index is 12.9. The summed E-state index contributed by atoms with van der Waals surface area (Å²) in [4.78, 5) is 20.0. The van der Waals surface area contributed by atoms with E-state index in [0.29, 0.717) is 46.3 Å². The van der Waals surface area contributed by atoms with Crippen LogP contribution in [-0.4, -0.2) is 55.1 Å². The largest absolute Gasteiger partial charge is 0.486 e. The number of thiazole rings is 1. The second-order valence-electron chi connectivity index (χ2n) is 6.64. The summed E-state index contributed by atoms with van der Waals surface area (Å²) in [6.07, 6.45) is 2.11. The van der Waals surface area contributed by atoms with Crippen molar-refractivity contribution in [3.8, 4) is 11.5 Å². The lowest BCUT2D eigenvalue weighted by molar-refractivity contribution is 0.104. The molecule has 0 aliphatic carbocycles. The predicted molar refractivity (Wildman–Crippen MR) is 102 cm³/mol. The number of fused-ring (bicyclic) bond motifs is 1. The molecule has 0 saturated carbocycles. The van der Waals surface area contributed by atoms with Gasteiger partial charge in [0.25, 0.3) is 0 Å². The van der Waals surface area contributed by atoms with Gasteiger partial charge in [0.1, 0.15) is 23.9 Å². The van der Waals surface area contributed by atoms with Gasteiger partial charge in [-0.3, -0.25) is 4.79 Å². The monoisotopic (exact) mass is 374 g/mol. The van der Waals surface area contributed by atoms with Gasteiger partial charge in [-0.2, -0.15) is 0 Å². The van der Waals surface area contributed by atoms with Gasteiger partial charge in [0, 0.05) is 11.6 Å². The van der Waals surface area contributed by atoms with Gasteiger partial charge in [-0.15, -0.1) is 0 Å². The van der Waals surface area contributed by atoms with Crippen LogP contribution in [0.2, 0.25) is 0 Å². The second-order valence-corrected chi connectivity index (χ2v) is 7.64. The van der Waals surface area contributed by atoms with E-state index in [1.54, 1.807) is 18.2 Å². The van der Waals surface area contributed by atoms with Gasteiger partial charge in [-0.05, 0) is 51.2 Å². The minimum atomic E-state index is -0.145. The summed E-state index contributed by atoms with van der Waals surface area (Å²) in [5.41, 5.74) is 6.54. The first-order valence-corrected chi connectivity index (χ1v) is 9.57. The van der Waals surface area contributed by atoms with Crippen molar-refractivity contribution in [2.24, 2.45) is 0 Å². The van der Waals surface area contributed by atoms with Crippen molar-refractivity contribution in [3.05, 3.63) is 28.6 Å². The quantitative estimate of drug-likeness (QED) is 0.793. The molecule has 0 spiro atoms. The molecule has 3 heterocycles. The molecule has 1 aromatic carbocycles. The van der Waals surface area contributed by atoms with Crippen LogP contribution in [0.15, 0.2) is 18.2 Å². The van der Waals surface area contributed by atoms with Gasteiger partial charge in [0.15, 0.2) is 16.6 Å². The Morgan fingerprint density at radius 3 is 2.77 bits per heavy atom. The fraction of sp³-hybridized carbons (Fsp3) is 0.444. The molecule has 3 N–H and O–H groups in total.